The number of aromatic carboxylic acids is 1. The Morgan fingerprint density at radius 3 is 2.60 bits per heavy atom. The van der Waals surface area contributed by atoms with Gasteiger partial charge in [-0.3, -0.25) is 9.53 Å². The van der Waals surface area contributed by atoms with Gasteiger partial charge in [0, 0.05) is 6.26 Å². The van der Waals surface area contributed by atoms with E-state index in [0.29, 0.717) is 0 Å². The first-order chi connectivity index (χ1) is 6.91. The number of carbonyl (C=O) groups excluding carboxylic acids is 1. The third kappa shape index (κ3) is 2.73. The average molecular weight is 249 g/mol. The Labute approximate surface area is 90.8 Å². The molecule has 0 saturated heterocycles. The molecule has 0 fully saturated rings. The first kappa shape index (κ1) is 11.6. The number of hydrogen-bond acceptors (Lipinski definition) is 5. The Hall–Kier alpha value is -1.48. The number of carbonyl (C=O) groups is 2. The Morgan fingerprint density at radius 2 is 2.20 bits per heavy atom. The van der Waals surface area contributed by atoms with Crippen molar-refractivity contribution in [2.45, 2.75) is 4.34 Å². The molecule has 0 bridgehead atoms. The number of nitrogens with zero attached hydrogens (tertiary/aromatic N) is 1. The number of nitrogens with one attached hydrogen (secondary N) is 1. The monoisotopic (exact) mass is 249 g/mol. The number of thiazole rings is 1. The van der Waals surface area contributed by atoms with E-state index in [1.165, 1.54) is 6.26 Å². The van der Waals surface area contributed by atoms with E-state index >= 15 is 0 Å². The molecule has 0 saturated carbocycles. The van der Waals surface area contributed by atoms with E-state index in [0.717, 1.165) is 11.3 Å². The van der Waals surface area contributed by atoms with Crippen LogP contribution in [-0.4, -0.2) is 32.6 Å². The summed E-state index contributed by atoms with van der Waals surface area (Å²) in [4.78, 5) is 24.7. The molecule has 1 aromatic rings. The van der Waals surface area contributed by atoms with Crippen molar-refractivity contribution < 1.29 is 18.9 Å². The van der Waals surface area contributed by atoms with Crippen molar-refractivity contribution >= 4 is 40.0 Å². The second kappa shape index (κ2) is 4.36. The van der Waals surface area contributed by atoms with Crippen molar-refractivity contribution in [2.75, 3.05) is 11.6 Å². The number of aromatic nitrogens is 1. The van der Waals surface area contributed by atoms with Crippen LogP contribution in [0, 0.1) is 0 Å². The lowest BCUT2D eigenvalue weighted by Gasteiger charge is -1.96. The maximum atomic E-state index is 11.0. The molecule has 1 heterocycles. The standard InChI is InChI=1S/C6H7N3O4S2/c1-15(13)6-9-3(8-5(7)12)2(14-6)4(10)11/h1H3,(H,10,11)(H3,7,8,12). The topological polar surface area (TPSA) is 122 Å². The number of nitrogens with two attached hydrogens (primary N) is 1. The molecule has 0 aliphatic heterocycles. The van der Waals surface area contributed by atoms with Gasteiger partial charge >= 0.3 is 12.0 Å². The Kier molecular flexibility index (Phi) is 3.37. The van der Waals surface area contributed by atoms with Gasteiger partial charge in [0.05, 0.1) is 10.8 Å². The van der Waals surface area contributed by atoms with Gasteiger partial charge in [0.1, 0.15) is 0 Å². The van der Waals surface area contributed by atoms with Crippen molar-refractivity contribution in [1.29, 1.82) is 0 Å². The number of rotatable bonds is 3. The third-order valence-corrected chi connectivity index (χ3v) is 3.66. The summed E-state index contributed by atoms with van der Waals surface area (Å²) in [6.45, 7) is 0. The quantitative estimate of drug-likeness (QED) is 0.699. The van der Waals surface area contributed by atoms with Gasteiger partial charge in [0.15, 0.2) is 15.0 Å². The van der Waals surface area contributed by atoms with Crippen molar-refractivity contribution in [3.05, 3.63) is 4.88 Å². The number of carboxylic acids is 1. The number of hydrogen-bond donors (Lipinski definition) is 3. The second-order valence-corrected chi connectivity index (χ2v) is 4.96. The number of primary amides is 1. The number of anilines is 1. The minimum atomic E-state index is -1.40. The average Bonchev–Trinajstić information content (AvgIpc) is 2.46. The van der Waals surface area contributed by atoms with E-state index < -0.39 is 22.8 Å². The highest BCUT2D eigenvalue weighted by Gasteiger charge is 2.19. The normalized spacial score (nSPS) is 12.1. The Morgan fingerprint density at radius 1 is 1.60 bits per heavy atom. The molecule has 9 heteroatoms. The number of carboxylic acid groups (broad SMARTS) is 1. The van der Waals surface area contributed by atoms with E-state index in [9.17, 15) is 13.8 Å². The van der Waals surface area contributed by atoms with Crippen LogP contribution < -0.4 is 11.1 Å². The van der Waals surface area contributed by atoms with Crippen LogP contribution in [0.3, 0.4) is 0 Å². The van der Waals surface area contributed by atoms with Crippen molar-refractivity contribution in [3.63, 3.8) is 0 Å². The predicted molar refractivity (Wildman–Crippen MR) is 54.6 cm³/mol. The molecular formula is C6H7N3O4S2. The molecule has 0 aliphatic rings. The lowest BCUT2D eigenvalue weighted by atomic mass is 10.5. The van der Waals surface area contributed by atoms with Gasteiger partial charge in [-0.25, -0.2) is 14.6 Å². The van der Waals surface area contributed by atoms with E-state index in [4.69, 9.17) is 10.8 Å². The molecule has 0 aliphatic carbocycles. The molecule has 1 atom stereocenters. The highest BCUT2D eigenvalue weighted by molar-refractivity contribution is 7.86. The summed E-state index contributed by atoms with van der Waals surface area (Å²) in [7, 11) is -1.40. The van der Waals surface area contributed by atoms with Gasteiger partial charge in [0.2, 0.25) is 0 Å². The molecule has 2 amide bonds. The fourth-order valence-corrected chi connectivity index (χ4v) is 2.30. The molecular weight excluding hydrogens is 242 g/mol. The molecule has 0 spiro atoms. The first-order valence-electron chi connectivity index (χ1n) is 3.56. The smallest absolute Gasteiger partial charge is 0.349 e. The van der Waals surface area contributed by atoms with Gasteiger partial charge < -0.3 is 10.8 Å². The number of amides is 2. The van der Waals surface area contributed by atoms with Crippen LogP contribution >= 0.6 is 11.3 Å². The van der Waals surface area contributed by atoms with Crippen LogP contribution in [-0.2, 0) is 10.8 Å². The summed E-state index contributed by atoms with van der Waals surface area (Å²) < 4.78 is 11.2. The predicted octanol–water partition coefficient (Wildman–Crippen LogP) is 0.0693. The molecule has 0 radical (unpaired) electrons. The highest BCUT2D eigenvalue weighted by atomic mass is 32.2. The lowest BCUT2D eigenvalue weighted by molar-refractivity contribution is 0.0703. The van der Waals surface area contributed by atoms with Crippen molar-refractivity contribution in [3.8, 4) is 0 Å². The maximum absolute atomic E-state index is 11.0. The maximum Gasteiger partial charge on any atom is 0.349 e. The zero-order valence-electron chi connectivity index (χ0n) is 7.51. The van der Waals surface area contributed by atoms with Gasteiger partial charge in [0.25, 0.3) is 0 Å². The molecule has 82 valence electrons. The molecule has 0 aromatic carbocycles. The molecule has 1 rings (SSSR count). The Bertz CT molecular complexity index is 442. The minimum absolute atomic E-state index is 0.121. The fraction of sp³-hybridized carbons (Fsp3) is 0.167. The highest BCUT2D eigenvalue weighted by Crippen LogP contribution is 2.24. The number of urea groups is 1. The fourth-order valence-electron chi connectivity index (χ4n) is 0.770. The molecule has 1 aromatic heterocycles. The zero-order valence-corrected chi connectivity index (χ0v) is 9.15. The third-order valence-electron chi connectivity index (χ3n) is 1.29. The van der Waals surface area contributed by atoms with Crippen LogP contribution in [0.25, 0.3) is 0 Å². The van der Waals surface area contributed by atoms with E-state index in [2.05, 4.69) is 10.3 Å². The van der Waals surface area contributed by atoms with Gasteiger partial charge in [-0.1, -0.05) is 11.3 Å². The summed E-state index contributed by atoms with van der Waals surface area (Å²) >= 11 is 0.737. The van der Waals surface area contributed by atoms with Crippen LogP contribution in [0.5, 0.6) is 0 Å². The van der Waals surface area contributed by atoms with Gasteiger partial charge in [-0.2, -0.15) is 0 Å². The van der Waals surface area contributed by atoms with Gasteiger partial charge in [-0.05, 0) is 0 Å². The van der Waals surface area contributed by atoms with Crippen molar-refractivity contribution in [2.24, 2.45) is 5.73 Å². The molecule has 7 nitrogen and oxygen atoms in total. The minimum Gasteiger partial charge on any atom is -0.477 e. The Balaban J connectivity index is 3.17. The summed E-state index contributed by atoms with van der Waals surface area (Å²) in [5.74, 6) is -1.43. The van der Waals surface area contributed by atoms with Crippen LogP contribution in [0.15, 0.2) is 4.34 Å². The SMILES string of the molecule is CS(=O)c1nc(NC(N)=O)c(C(=O)O)s1. The van der Waals surface area contributed by atoms with Crippen molar-refractivity contribution in [1.82, 2.24) is 4.98 Å². The van der Waals surface area contributed by atoms with Crippen LogP contribution in [0.4, 0.5) is 10.6 Å². The zero-order chi connectivity index (χ0) is 11.6. The molecule has 1 unspecified atom stereocenters. The molecule has 4 N–H and O–H groups in total. The summed E-state index contributed by atoms with van der Waals surface area (Å²) in [6.07, 6.45) is 1.36. The van der Waals surface area contributed by atoms with Gasteiger partial charge in [-0.15, -0.1) is 0 Å². The van der Waals surface area contributed by atoms with E-state index in [-0.39, 0.29) is 15.0 Å². The first-order valence-corrected chi connectivity index (χ1v) is 5.93. The van der Waals surface area contributed by atoms with Crippen LogP contribution in [0.1, 0.15) is 9.67 Å². The summed E-state index contributed by atoms with van der Waals surface area (Å²) in [6, 6.07) is -0.920. The lowest BCUT2D eigenvalue weighted by Crippen LogP contribution is -2.20. The second-order valence-electron chi connectivity index (χ2n) is 2.41. The molecule has 15 heavy (non-hydrogen) atoms. The van der Waals surface area contributed by atoms with Crippen LogP contribution in [0.2, 0.25) is 0 Å². The van der Waals surface area contributed by atoms with E-state index in [1.54, 1.807) is 0 Å². The summed E-state index contributed by atoms with van der Waals surface area (Å²) in [5, 5.41) is 10.8. The van der Waals surface area contributed by atoms with E-state index in [1.807, 2.05) is 0 Å². The largest absolute Gasteiger partial charge is 0.477 e. The summed E-state index contributed by atoms with van der Waals surface area (Å²) in [5.41, 5.74) is 4.82.